The lowest BCUT2D eigenvalue weighted by molar-refractivity contribution is 0.239. The molecule has 0 aliphatic carbocycles. The molecule has 2 N–H and O–H groups in total. The summed E-state index contributed by atoms with van der Waals surface area (Å²) in [7, 11) is 0. The van der Waals surface area contributed by atoms with Gasteiger partial charge in [0.15, 0.2) is 0 Å². The summed E-state index contributed by atoms with van der Waals surface area (Å²) in [6.45, 7) is 6.55. The summed E-state index contributed by atoms with van der Waals surface area (Å²) in [6, 6.07) is 19.5. The Morgan fingerprint density at radius 1 is 1.07 bits per heavy atom. The van der Waals surface area contributed by atoms with E-state index in [-0.39, 0.29) is 6.03 Å². The van der Waals surface area contributed by atoms with E-state index < -0.39 is 0 Å². The molecule has 5 heteroatoms. The number of benzene rings is 2. The molecule has 1 saturated heterocycles. The highest BCUT2D eigenvalue weighted by Gasteiger charge is 2.25. The number of rotatable bonds is 6. The number of carbonyl (C=O) groups excluding carboxylic acids is 1. The Kier molecular flexibility index (Phi) is 5.70. The molecule has 0 aromatic heterocycles. The monoisotopic (exact) mass is 378 g/mol. The second kappa shape index (κ2) is 8.55. The van der Waals surface area contributed by atoms with Gasteiger partial charge in [-0.05, 0) is 49.4 Å². The van der Waals surface area contributed by atoms with Crippen molar-refractivity contribution >= 4 is 17.4 Å². The molecule has 2 aromatic rings. The van der Waals surface area contributed by atoms with Gasteiger partial charge in [0.2, 0.25) is 0 Å². The molecule has 2 aliphatic heterocycles. The van der Waals surface area contributed by atoms with Gasteiger partial charge >= 0.3 is 6.03 Å². The molecule has 0 spiro atoms. The molecule has 0 saturated carbocycles. The van der Waals surface area contributed by atoms with E-state index in [1.165, 1.54) is 16.9 Å². The maximum atomic E-state index is 12.2. The molecule has 0 bridgehead atoms. The first-order valence-electron chi connectivity index (χ1n) is 10.4. The van der Waals surface area contributed by atoms with E-state index in [4.69, 9.17) is 0 Å². The minimum absolute atomic E-state index is 0.0571. The summed E-state index contributed by atoms with van der Waals surface area (Å²) in [5.41, 5.74) is 3.99. The highest BCUT2D eigenvalue weighted by atomic mass is 16.2. The van der Waals surface area contributed by atoms with Crippen LogP contribution in [-0.4, -0.2) is 44.8 Å². The van der Waals surface area contributed by atoms with E-state index in [0.717, 1.165) is 39.0 Å². The molecule has 5 nitrogen and oxygen atoms in total. The van der Waals surface area contributed by atoms with E-state index in [1.54, 1.807) is 0 Å². The van der Waals surface area contributed by atoms with Gasteiger partial charge in [0, 0.05) is 50.1 Å². The van der Waals surface area contributed by atoms with Crippen molar-refractivity contribution in [2.24, 2.45) is 5.92 Å². The molecule has 1 fully saturated rings. The third-order valence-corrected chi connectivity index (χ3v) is 5.95. The first-order chi connectivity index (χ1) is 13.7. The summed E-state index contributed by atoms with van der Waals surface area (Å²) >= 11 is 0. The number of nitrogens with one attached hydrogen (secondary N) is 2. The SMILES string of the molecule is CC1Cc2ccccc2N1CCNC(=O)NCC1CCN(c2ccccc2)C1. The molecule has 2 atom stereocenters. The van der Waals surface area contributed by atoms with Crippen molar-refractivity contribution < 1.29 is 4.79 Å². The van der Waals surface area contributed by atoms with Crippen molar-refractivity contribution in [2.75, 3.05) is 42.5 Å². The van der Waals surface area contributed by atoms with Crippen molar-refractivity contribution in [1.82, 2.24) is 10.6 Å². The van der Waals surface area contributed by atoms with Crippen molar-refractivity contribution in [3.05, 3.63) is 60.2 Å². The fraction of sp³-hybridized carbons (Fsp3) is 0.435. The fourth-order valence-corrected chi connectivity index (χ4v) is 4.43. The van der Waals surface area contributed by atoms with Gasteiger partial charge in [0.05, 0.1) is 0 Å². The predicted octanol–water partition coefficient (Wildman–Crippen LogP) is 3.26. The van der Waals surface area contributed by atoms with Crippen LogP contribution >= 0.6 is 0 Å². The van der Waals surface area contributed by atoms with Crippen LogP contribution < -0.4 is 20.4 Å². The Labute approximate surface area is 167 Å². The molecule has 2 aromatic carbocycles. The Hall–Kier alpha value is -2.69. The molecule has 148 valence electrons. The second-order valence-corrected chi connectivity index (χ2v) is 7.95. The van der Waals surface area contributed by atoms with E-state index in [9.17, 15) is 4.79 Å². The maximum absolute atomic E-state index is 12.2. The van der Waals surface area contributed by atoms with Crippen LogP contribution in [0.5, 0.6) is 0 Å². The lowest BCUT2D eigenvalue weighted by Crippen LogP contribution is -2.43. The number of amides is 2. The summed E-state index contributed by atoms with van der Waals surface area (Å²) in [4.78, 5) is 17.0. The van der Waals surface area contributed by atoms with E-state index in [2.05, 4.69) is 75.9 Å². The quantitative estimate of drug-likeness (QED) is 0.811. The first kappa shape index (κ1) is 18.7. The van der Waals surface area contributed by atoms with E-state index >= 15 is 0 Å². The third-order valence-electron chi connectivity index (χ3n) is 5.95. The Morgan fingerprint density at radius 3 is 2.71 bits per heavy atom. The molecule has 2 aliphatic rings. The zero-order valence-electron chi connectivity index (χ0n) is 16.6. The van der Waals surface area contributed by atoms with Crippen molar-refractivity contribution in [3.63, 3.8) is 0 Å². The highest BCUT2D eigenvalue weighted by Crippen LogP contribution is 2.31. The molecule has 2 unspecified atom stereocenters. The van der Waals surface area contributed by atoms with Gasteiger partial charge in [-0.25, -0.2) is 4.79 Å². The van der Waals surface area contributed by atoms with Crippen LogP contribution in [-0.2, 0) is 6.42 Å². The Bertz CT molecular complexity index is 794. The number of hydrogen-bond acceptors (Lipinski definition) is 3. The van der Waals surface area contributed by atoms with Crippen molar-refractivity contribution in [1.29, 1.82) is 0 Å². The number of urea groups is 1. The Balaban J connectivity index is 1.17. The average Bonchev–Trinajstić information content (AvgIpc) is 3.32. The van der Waals surface area contributed by atoms with Crippen molar-refractivity contribution in [2.45, 2.75) is 25.8 Å². The van der Waals surface area contributed by atoms with E-state index in [1.807, 2.05) is 6.07 Å². The molecule has 28 heavy (non-hydrogen) atoms. The molecule has 0 radical (unpaired) electrons. The van der Waals surface area contributed by atoms with Crippen LogP contribution in [0.2, 0.25) is 0 Å². The average molecular weight is 379 g/mol. The van der Waals surface area contributed by atoms with Gasteiger partial charge in [0.25, 0.3) is 0 Å². The minimum Gasteiger partial charge on any atom is -0.371 e. The summed E-state index contributed by atoms with van der Waals surface area (Å²) in [6.07, 6.45) is 2.21. The van der Waals surface area contributed by atoms with Gasteiger partial charge in [0.1, 0.15) is 0 Å². The lowest BCUT2D eigenvalue weighted by atomic mass is 10.1. The van der Waals surface area contributed by atoms with Crippen LogP contribution in [0.3, 0.4) is 0 Å². The van der Waals surface area contributed by atoms with E-state index in [0.29, 0.717) is 18.5 Å². The number of para-hydroxylation sites is 2. The van der Waals surface area contributed by atoms with Crippen LogP contribution in [0.25, 0.3) is 0 Å². The van der Waals surface area contributed by atoms with Gasteiger partial charge < -0.3 is 20.4 Å². The van der Waals surface area contributed by atoms with Crippen LogP contribution in [0.15, 0.2) is 54.6 Å². The second-order valence-electron chi connectivity index (χ2n) is 7.95. The molecule has 2 amide bonds. The standard InChI is InChI=1S/C23H30N4O/c1-18-15-20-7-5-6-10-22(20)27(18)14-12-24-23(28)25-16-19-11-13-26(17-19)21-8-3-2-4-9-21/h2-10,18-19H,11-17H2,1H3,(H2,24,25,28). The zero-order chi connectivity index (χ0) is 19.3. The lowest BCUT2D eigenvalue weighted by Gasteiger charge is -2.25. The minimum atomic E-state index is -0.0571. The number of hydrogen-bond donors (Lipinski definition) is 2. The molecular weight excluding hydrogens is 348 g/mol. The number of carbonyl (C=O) groups is 1. The predicted molar refractivity (Wildman–Crippen MR) is 115 cm³/mol. The maximum Gasteiger partial charge on any atom is 0.314 e. The third kappa shape index (κ3) is 4.24. The summed E-state index contributed by atoms with van der Waals surface area (Å²) in [5.74, 6) is 0.511. The topological polar surface area (TPSA) is 47.6 Å². The number of fused-ring (bicyclic) bond motifs is 1. The van der Waals surface area contributed by atoms with Gasteiger partial charge in [-0.3, -0.25) is 0 Å². The van der Waals surface area contributed by atoms with Crippen molar-refractivity contribution in [3.8, 4) is 0 Å². The van der Waals surface area contributed by atoms with Crippen LogP contribution in [0, 0.1) is 5.92 Å². The van der Waals surface area contributed by atoms with Gasteiger partial charge in [-0.1, -0.05) is 36.4 Å². The molecule has 2 heterocycles. The zero-order valence-corrected chi connectivity index (χ0v) is 16.6. The Morgan fingerprint density at radius 2 is 1.86 bits per heavy atom. The van der Waals surface area contributed by atoms with Crippen LogP contribution in [0.4, 0.5) is 16.2 Å². The van der Waals surface area contributed by atoms with Gasteiger partial charge in [-0.15, -0.1) is 0 Å². The summed E-state index contributed by atoms with van der Waals surface area (Å²) < 4.78 is 0. The normalized spacial score (nSPS) is 20.9. The molecule has 4 rings (SSSR count). The van der Waals surface area contributed by atoms with Crippen LogP contribution in [0.1, 0.15) is 18.9 Å². The number of anilines is 2. The highest BCUT2D eigenvalue weighted by molar-refractivity contribution is 5.74. The molecular formula is C23H30N4O. The smallest absolute Gasteiger partial charge is 0.314 e. The number of nitrogens with zero attached hydrogens (tertiary/aromatic N) is 2. The summed E-state index contributed by atoms with van der Waals surface area (Å²) in [5, 5.41) is 6.08. The first-order valence-corrected chi connectivity index (χ1v) is 10.4. The van der Waals surface area contributed by atoms with Gasteiger partial charge in [-0.2, -0.15) is 0 Å². The fourth-order valence-electron chi connectivity index (χ4n) is 4.43. The largest absolute Gasteiger partial charge is 0.371 e.